The number of para-hydroxylation sites is 2. The molecule has 30 heavy (non-hydrogen) atoms. The average Bonchev–Trinajstić information content (AvgIpc) is 3.33. The summed E-state index contributed by atoms with van der Waals surface area (Å²) in [5.41, 5.74) is 3.04. The van der Waals surface area contributed by atoms with E-state index < -0.39 is 5.82 Å². The fourth-order valence-corrected chi connectivity index (χ4v) is 3.84. The second-order valence-corrected chi connectivity index (χ2v) is 7.57. The van der Waals surface area contributed by atoms with Crippen LogP contribution in [0.3, 0.4) is 0 Å². The molecule has 0 aliphatic carbocycles. The molecule has 2 aromatic carbocycles. The van der Waals surface area contributed by atoms with E-state index in [9.17, 15) is 9.18 Å². The summed E-state index contributed by atoms with van der Waals surface area (Å²) in [7, 11) is 1.71. The van der Waals surface area contributed by atoms with E-state index in [4.69, 9.17) is 9.15 Å². The highest BCUT2D eigenvalue weighted by atomic mass is 19.1. The molecule has 6 heteroatoms. The number of likely N-dealkylation sites (N-methyl/N-ethyl adjacent to an activating group) is 1. The molecule has 1 amide bonds. The monoisotopic (exact) mass is 408 g/mol. The molecule has 1 atom stereocenters. The number of rotatable bonds is 7. The third kappa shape index (κ3) is 4.03. The second kappa shape index (κ2) is 8.61. The fourth-order valence-electron chi connectivity index (χ4n) is 3.84. The molecular formula is C24H25FN2O3. The van der Waals surface area contributed by atoms with Gasteiger partial charge in [0.1, 0.15) is 12.4 Å². The van der Waals surface area contributed by atoms with Crippen molar-refractivity contribution in [3.8, 4) is 5.75 Å². The lowest BCUT2D eigenvalue weighted by atomic mass is 10.1. The quantitative estimate of drug-likeness (QED) is 0.577. The Kier molecular flexibility index (Phi) is 5.74. The zero-order valence-electron chi connectivity index (χ0n) is 17.2. The summed E-state index contributed by atoms with van der Waals surface area (Å²) in [6.45, 7) is 3.25. The summed E-state index contributed by atoms with van der Waals surface area (Å²) in [6, 6.07) is 16.6. The van der Waals surface area contributed by atoms with Crippen molar-refractivity contribution in [2.75, 3.05) is 25.1 Å². The number of ether oxygens (including phenoxy) is 1. The van der Waals surface area contributed by atoms with Crippen molar-refractivity contribution in [1.29, 1.82) is 0 Å². The number of halogens is 1. The van der Waals surface area contributed by atoms with Crippen LogP contribution >= 0.6 is 0 Å². The van der Waals surface area contributed by atoms with Gasteiger partial charge in [-0.05, 0) is 43.2 Å². The van der Waals surface area contributed by atoms with Crippen LogP contribution in [0.15, 0.2) is 65.3 Å². The molecule has 0 saturated heterocycles. The average molecular weight is 408 g/mol. The predicted octanol–water partition coefficient (Wildman–Crippen LogP) is 4.52. The Morgan fingerprint density at radius 3 is 2.80 bits per heavy atom. The van der Waals surface area contributed by atoms with Gasteiger partial charge in [0.25, 0.3) is 5.91 Å². The maximum absolute atomic E-state index is 13.7. The van der Waals surface area contributed by atoms with Crippen molar-refractivity contribution in [2.24, 2.45) is 0 Å². The number of hydrogen-bond donors (Lipinski definition) is 0. The van der Waals surface area contributed by atoms with E-state index in [2.05, 4.69) is 30.0 Å². The summed E-state index contributed by atoms with van der Waals surface area (Å²) < 4.78 is 24.8. The van der Waals surface area contributed by atoms with Crippen LogP contribution in [0.25, 0.3) is 0 Å². The minimum absolute atomic E-state index is 0.143. The van der Waals surface area contributed by atoms with E-state index in [-0.39, 0.29) is 18.3 Å². The SMILES string of the molecule is CC1Cc2ccccc2N1Cc1occc1C(=O)N(C)CCOc1ccccc1F. The maximum atomic E-state index is 13.7. The van der Waals surface area contributed by atoms with Gasteiger partial charge < -0.3 is 19.0 Å². The summed E-state index contributed by atoms with van der Waals surface area (Å²) in [5.74, 6) is 0.272. The van der Waals surface area contributed by atoms with Crippen LogP contribution in [-0.4, -0.2) is 37.0 Å². The number of fused-ring (bicyclic) bond motifs is 1. The number of benzene rings is 2. The molecule has 4 rings (SSSR count). The third-order valence-corrected chi connectivity index (χ3v) is 5.51. The van der Waals surface area contributed by atoms with Crippen molar-refractivity contribution in [3.63, 3.8) is 0 Å². The smallest absolute Gasteiger partial charge is 0.257 e. The molecule has 0 N–H and O–H groups in total. The van der Waals surface area contributed by atoms with Gasteiger partial charge in [0.05, 0.1) is 24.9 Å². The lowest BCUT2D eigenvalue weighted by molar-refractivity contribution is 0.0770. The number of amides is 1. The van der Waals surface area contributed by atoms with Gasteiger partial charge in [-0.1, -0.05) is 30.3 Å². The highest BCUT2D eigenvalue weighted by Gasteiger charge is 2.28. The molecule has 0 bridgehead atoms. The Morgan fingerprint density at radius 2 is 1.97 bits per heavy atom. The van der Waals surface area contributed by atoms with E-state index in [0.29, 0.717) is 30.5 Å². The maximum Gasteiger partial charge on any atom is 0.257 e. The summed E-state index contributed by atoms with van der Waals surface area (Å²) in [4.78, 5) is 16.8. The number of nitrogens with zero attached hydrogens (tertiary/aromatic N) is 2. The number of carbonyl (C=O) groups is 1. The highest BCUT2D eigenvalue weighted by Crippen LogP contribution is 2.33. The molecule has 1 aliphatic rings. The van der Waals surface area contributed by atoms with Gasteiger partial charge in [-0.3, -0.25) is 4.79 Å². The summed E-state index contributed by atoms with van der Waals surface area (Å²) in [5, 5.41) is 0. The van der Waals surface area contributed by atoms with Crippen LogP contribution in [0, 0.1) is 5.82 Å². The zero-order chi connectivity index (χ0) is 21.1. The molecule has 0 spiro atoms. The van der Waals surface area contributed by atoms with Crippen molar-refractivity contribution in [3.05, 3.63) is 83.6 Å². The van der Waals surface area contributed by atoms with Crippen LogP contribution in [0.1, 0.15) is 28.6 Å². The molecule has 1 unspecified atom stereocenters. The number of hydrogen-bond acceptors (Lipinski definition) is 4. The molecule has 3 aromatic rings. The molecule has 0 radical (unpaired) electrons. The minimum Gasteiger partial charge on any atom is -0.489 e. The second-order valence-electron chi connectivity index (χ2n) is 7.57. The Labute approximate surface area is 175 Å². The van der Waals surface area contributed by atoms with E-state index in [0.717, 1.165) is 6.42 Å². The van der Waals surface area contributed by atoms with E-state index >= 15 is 0 Å². The summed E-state index contributed by atoms with van der Waals surface area (Å²) >= 11 is 0. The zero-order valence-corrected chi connectivity index (χ0v) is 17.2. The topological polar surface area (TPSA) is 45.9 Å². The van der Waals surface area contributed by atoms with Crippen molar-refractivity contribution < 1.29 is 18.3 Å². The van der Waals surface area contributed by atoms with Gasteiger partial charge >= 0.3 is 0 Å². The van der Waals surface area contributed by atoms with Crippen LogP contribution < -0.4 is 9.64 Å². The Morgan fingerprint density at radius 1 is 1.20 bits per heavy atom. The van der Waals surface area contributed by atoms with E-state index in [1.807, 2.05) is 6.07 Å². The highest BCUT2D eigenvalue weighted by molar-refractivity contribution is 5.95. The molecular weight excluding hydrogens is 383 g/mol. The van der Waals surface area contributed by atoms with Crippen LogP contribution in [0.5, 0.6) is 5.75 Å². The van der Waals surface area contributed by atoms with Gasteiger partial charge in [0, 0.05) is 18.8 Å². The first kappa shape index (κ1) is 20.0. The van der Waals surface area contributed by atoms with E-state index in [1.54, 1.807) is 42.5 Å². The first-order valence-corrected chi connectivity index (χ1v) is 10.1. The lowest BCUT2D eigenvalue weighted by Gasteiger charge is -2.24. The third-order valence-electron chi connectivity index (χ3n) is 5.51. The lowest BCUT2D eigenvalue weighted by Crippen LogP contribution is -2.33. The number of carbonyl (C=O) groups excluding carboxylic acids is 1. The standard InChI is InChI=1S/C24H25FN2O3/c1-17-15-18-7-3-5-9-21(18)27(17)16-23-19(11-13-29-23)24(28)26(2)12-14-30-22-10-6-4-8-20(22)25/h3-11,13,17H,12,14-16H2,1-2H3. The van der Waals surface area contributed by atoms with Crippen LogP contribution in [-0.2, 0) is 13.0 Å². The van der Waals surface area contributed by atoms with Gasteiger partial charge in [-0.25, -0.2) is 4.39 Å². The fraction of sp³-hybridized carbons (Fsp3) is 0.292. The Bertz CT molecular complexity index is 1030. The number of anilines is 1. The van der Waals surface area contributed by atoms with Gasteiger partial charge in [-0.2, -0.15) is 0 Å². The Balaban J connectivity index is 1.40. The molecule has 1 aromatic heterocycles. The molecule has 156 valence electrons. The van der Waals surface area contributed by atoms with Crippen molar-refractivity contribution in [1.82, 2.24) is 4.90 Å². The molecule has 1 aliphatic heterocycles. The van der Waals surface area contributed by atoms with Gasteiger partial charge in [0.2, 0.25) is 0 Å². The molecule has 2 heterocycles. The normalized spacial score (nSPS) is 15.2. The van der Waals surface area contributed by atoms with Gasteiger partial charge in [-0.15, -0.1) is 0 Å². The molecule has 0 saturated carbocycles. The van der Waals surface area contributed by atoms with Crippen molar-refractivity contribution >= 4 is 11.6 Å². The first-order valence-electron chi connectivity index (χ1n) is 10.1. The molecule has 5 nitrogen and oxygen atoms in total. The predicted molar refractivity (Wildman–Crippen MR) is 113 cm³/mol. The minimum atomic E-state index is -0.413. The van der Waals surface area contributed by atoms with Crippen molar-refractivity contribution in [2.45, 2.75) is 25.9 Å². The van der Waals surface area contributed by atoms with Crippen LogP contribution in [0.4, 0.5) is 10.1 Å². The largest absolute Gasteiger partial charge is 0.489 e. The number of furan rings is 1. The van der Waals surface area contributed by atoms with Crippen LogP contribution in [0.2, 0.25) is 0 Å². The Hall–Kier alpha value is -3.28. The molecule has 0 fully saturated rings. The van der Waals surface area contributed by atoms with E-state index in [1.165, 1.54) is 17.3 Å². The first-order chi connectivity index (χ1) is 14.5. The van der Waals surface area contributed by atoms with Gasteiger partial charge in [0.15, 0.2) is 11.6 Å². The summed E-state index contributed by atoms with van der Waals surface area (Å²) in [6.07, 6.45) is 2.53.